The topological polar surface area (TPSA) is 81.2 Å². The van der Waals surface area contributed by atoms with E-state index in [1.54, 1.807) is 24.4 Å². The van der Waals surface area contributed by atoms with Crippen LogP contribution in [0.1, 0.15) is 21.5 Å². The molecular formula is C19H17N3O3. The maximum absolute atomic E-state index is 12.3. The van der Waals surface area contributed by atoms with Crippen molar-refractivity contribution < 1.29 is 14.3 Å². The van der Waals surface area contributed by atoms with Crippen LogP contribution in [0.15, 0.2) is 48.8 Å². The molecule has 0 aliphatic rings. The summed E-state index contributed by atoms with van der Waals surface area (Å²) in [5, 5.41) is 2.72. The molecule has 0 fully saturated rings. The number of nitrogens with zero attached hydrogens (tertiary/aromatic N) is 2. The summed E-state index contributed by atoms with van der Waals surface area (Å²) in [5.41, 5.74) is 4.09. The van der Waals surface area contributed by atoms with Crippen molar-refractivity contribution in [3.63, 3.8) is 0 Å². The Morgan fingerprint density at radius 2 is 1.76 bits per heavy atom. The molecule has 1 aromatic heterocycles. The van der Waals surface area contributed by atoms with E-state index in [2.05, 4.69) is 15.3 Å². The van der Waals surface area contributed by atoms with Gasteiger partial charge in [-0.25, -0.2) is 4.79 Å². The van der Waals surface area contributed by atoms with E-state index in [-0.39, 0.29) is 12.2 Å². The molecule has 0 aliphatic heterocycles. The third kappa shape index (κ3) is 3.98. The number of amides is 1. The first-order valence-corrected chi connectivity index (χ1v) is 7.78. The molecule has 0 unspecified atom stereocenters. The maximum atomic E-state index is 12.3. The fourth-order valence-electron chi connectivity index (χ4n) is 2.61. The quantitative estimate of drug-likeness (QED) is 0.741. The number of fused-ring (bicyclic) bond motifs is 1. The molecule has 3 rings (SSSR count). The average Bonchev–Trinajstić information content (AvgIpc) is 2.58. The van der Waals surface area contributed by atoms with E-state index in [1.165, 1.54) is 6.20 Å². The average molecular weight is 335 g/mol. The third-order valence-corrected chi connectivity index (χ3v) is 3.56. The molecule has 1 amide bonds. The van der Waals surface area contributed by atoms with Crippen LogP contribution in [0.3, 0.4) is 0 Å². The molecule has 2 aromatic carbocycles. The zero-order valence-corrected chi connectivity index (χ0v) is 13.9. The van der Waals surface area contributed by atoms with Gasteiger partial charge in [0.1, 0.15) is 5.52 Å². The van der Waals surface area contributed by atoms with Crippen LogP contribution in [0.4, 0.5) is 5.69 Å². The molecule has 0 saturated heterocycles. The van der Waals surface area contributed by atoms with Crippen molar-refractivity contribution in [3.05, 3.63) is 65.5 Å². The molecule has 0 radical (unpaired) electrons. The van der Waals surface area contributed by atoms with Crippen LogP contribution in [-0.4, -0.2) is 28.5 Å². The highest BCUT2D eigenvalue weighted by Crippen LogP contribution is 2.16. The largest absolute Gasteiger partial charge is 0.452 e. The lowest BCUT2D eigenvalue weighted by Crippen LogP contribution is -2.21. The van der Waals surface area contributed by atoms with Crippen molar-refractivity contribution in [1.82, 2.24) is 9.97 Å². The molecule has 1 N–H and O–H groups in total. The molecule has 6 heteroatoms. The first kappa shape index (κ1) is 16.6. The lowest BCUT2D eigenvalue weighted by Gasteiger charge is -2.09. The number of ether oxygens (including phenoxy) is 1. The summed E-state index contributed by atoms with van der Waals surface area (Å²) in [6.45, 7) is 3.52. The number of carbonyl (C=O) groups is 2. The lowest BCUT2D eigenvalue weighted by atomic mass is 10.1. The van der Waals surface area contributed by atoms with Crippen LogP contribution in [-0.2, 0) is 9.53 Å². The second kappa shape index (κ2) is 7.09. The molecule has 25 heavy (non-hydrogen) atoms. The van der Waals surface area contributed by atoms with Gasteiger partial charge in [-0.2, -0.15) is 0 Å². The Morgan fingerprint density at radius 1 is 1.04 bits per heavy atom. The number of benzene rings is 2. The van der Waals surface area contributed by atoms with E-state index < -0.39 is 11.9 Å². The van der Waals surface area contributed by atoms with Gasteiger partial charge in [-0.3, -0.25) is 14.8 Å². The molecule has 0 spiro atoms. The van der Waals surface area contributed by atoms with E-state index >= 15 is 0 Å². The molecule has 3 aromatic rings. The number of nitrogens with one attached hydrogen (secondary N) is 1. The predicted molar refractivity (Wildman–Crippen MR) is 94.4 cm³/mol. The number of aromatic nitrogens is 2. The van der Waals surface area contributed by atoms with Crippen LogP contribution in [0, 0.1) is 13.8 Å². The van der Waals surface area contributed by atoms with E-state index in [0.717, 1.165) is 11.1 Å². The highest BCUT2D eigenvalue weighted by molar-refractivity contribution is 6.02. The van der Waals surface area contributed by atoms with Crippen molar-refractivity contribution in [3.8, 4) is 0 Å². The van der Waals surface area contributed by atoms with Gasteiger partial charge in [0.15, 0.2) is 6.61 Å². The zero-order valence-electron chi connectivity index (χ0n) is 13.9. The smallest absolute Gasteiger partial charge is 0.340 e. The Labute approximate surface area is 144 Å². The van der Waals surface area contributed by atoms with Gasteiger partial charge >= 0.3 is 5.97 Å². The second-order valence-electron chi connectivity index (χ2n) is 5.73. The number of aryl methyl sites for hydroxylation is 2. The summed E-state index contributed by atoms with van der Waals surface area (Å²) in [7, 11) is 0. The number of esters is 1. The predicted octanol–water partition coefficient (Wildman–Crippen LogP) is 3.04. The van der Waals surface area contributed by atoms with Crippen molar-refractivity contribution in [1.29, 1.82) is 0 Å². The molecule has 1 heterocycles. The zero-order chi connectivity index (χ0) is 17.8. The minimum absolute atomic E-state index is 0.282. The molecule has 0 atom stereocenters. The number of rotatable bonds is 4. The third-order valence-electron chi connectivity index (χ3n) is 3.56. The van der Waals surface area contributed by atoms with Crippen molar-refractivity contribution in [2.24, 2.45) is 0 Å². The SMILES string of the molecule is Cc1cc(C)cc(NC(=O)COC(=O)c2cccc3nccnc23)c1. The minimum Gasteiger partial charge on any atom is -0.452 e. The van der Waals surface area contributed by atoms with E-state index in [4.69, 9.17) is 4.74 Å². The molecular weight excluding hydrogens is 318 g/mol. The van der Waals surface area contributed by atoms with Gasteiger partial charge in [0.05, 0.1) is 11.1 Å². The van der Waals surface area contributed by atoms with Crippen LogP contribution in [0.25, 0.3) is 11.0 Å². The van der Waals surface area contributed by atoms with E-state index in [1.807, 2.05) is 32.0 Å². The Morgan fingerprint density at radius 3 is 2.52 bits per heavy atom. The van der Waals surface area contributed by atoms with Crippen molar-refractivity contribution in [2.45, 2.75) is 13.8 Å². The Hall–Kier alpha value is -3.28. The highest BCUT2D eigenvalue weighted by Gasteiger charge is 2.14. The van der Waals surface area contributed by atoms with Gasteiger partial charge in [0, 0.05) is 18.1 Å². The number of carbonyl (C=O) groups excluding carboxylic acids is 2. The summed E-state index contributed by atoms with van der Waals surface area (Å²) >= 11 is 0. The van der Waals surface area contributed by atoms with Crippen molar-refractivity contribution in [2.75, 3.05) is 11.9 Å². The lowest BCUT2D eigenvalue weighted by molar-refractivity contribution is -0.119. The first-order valence-electron chi connectivity index (χ1n) is 7.78. The standard InChI is InChI=1S/C19H17N3O3/c1-12-8-13(2)10-14(9-12)22-17(23)11-25-19(24)15-4-3-5-16-18(15)21-7-6-20-16/h3-10H,11H2,1-2H3,(H,22,23). The number of hydrogen-bond acceptors (Lipinski definition) is 5. The Balaban J connectivity index is 1.66. The normalized spacial score (nSPS) is 10.5. The molecule has 126 valence electrons. The van der Waals surface area contributed by atoms with E-state index in [9.17, 15) is 9.59 Å². The molecule has 0 bridgehead atoms. The molecule has 0 saturated carbocycles. The van der Waals surface area contributed by atoms with Crippen LogP contribution in [0.2, 0.25) is 0 Å². The van der Waals surface area contributed by atoms with Crippen LogP contribution < -0.4 is 5.32 Å². The van der Waals surface area contributed by atoms with E-state index in [0.29, 0.717) is 16.7 Å². The van der Waals surface area contributed by atoms with Gasteiger partial charge in [-0.15, -0.1) is 0 Å². The van der Waals surface area contributed by atoms with Crippen LogP contribution >= 0.6 is 0 Å². The first-order chi connectivity index (χ1) is 12.0. The number of para-hydroxylation sites is 1. The maximum Gasteiger partial charge on any atom is 0.340 e. The van der Waals surface area contributed by atoms with Gasteiger partial charge in [0.25, 0.3) is 5.91 Å². The summed E-state index contributed by atoms with van der Waals surface area (Å²) in [6, 6.07) is 10.8. The Bertz CT molecular complexity index is 928. The fraction of sp³-hybridized carbons (Fsp3) is 0.158. The highest BCUT2D eigenvalue weighted by atomic mass is 16.5. The summed E-state index contributed by atoms with van der Waals surface area (Å²) in [5.74, 6) is -1.01. The van der Waals surface area contributed by atoms with Gasteiger partial charge in [0.2, 0.25) is 0 Å². The van der Waals surface area contributed by atoms with Crippen molar-refractivity contribution >= 4 is 28.6 Å². The monoisotopic (exact) mass is 335 g/mol. The Kier molecular flexibility index (Phi) is 4.70. The summed E-state index contributed by atoms with van der Waals surface area (Å²) in [4.78, 5) is 32.6. The number of hydrogen-bond donors (Lipinski definition) is 1. The fourth-order valence-corrected chi connectivity index (χ4v) is 2.61. The molecule has 6 nitrogen and oxygen atoms in total. The van der Waals surface area contributed by atoms with Gasteiger partial charge < -0.3 is 10.1 Å². The summed E-state index contributed by atoms with van der Waals surface area (Å²) < 4.78 is 5.11. The van der Waals surface area contributed by atoms with Gasteiger partial charge in [-0.1, -0.05) is 12.1 Å². The van der Waals surface area contributed by atoms with Crippen LogP contribution in [0.5, 0.6) is 0 Å². The second-order valence-corrected chi connectivity index (χ2v) is 5.73. The summed E-state index contributed by atoms with van der Waals surface area (Å²) in [6.07, 6.45) is 3.06. The molecule has 0 aliphatic carbocycles. The minimum atomic E-state index is -0.610. The van der Waals surface area contributed by atoms with Gasteiger partial charge in [-0.05, 0) is 49.2 Å². The number of anilines is 1.